The summed E-state index contributed by atoms with van der Waals surface area (Å²) in [6.45, 7) is 14.3. The van der Waals surface area contributed by atoms with E-state index in [1.807, 2.05) is 0 Å². The lowest BCUT2D eigenvalue weighted by Crippen LogP contribution is -2.20. The third-order valence-corrected chi connectivity index (χ3v) is 3.75. The number of nitrogens with one attached hydrogen (secondary N) is 1. The Hall–Kier alpha value is -0.830. The third-order valence-electron chi connectivity index (χ3n) is 3.75. The summed E-state index contributed by atoms with van der Waals surface area (Å²) in [6.07, 6.45) is 5.93. The molecule has 1 N–H and O–H groups in total. The molecule has 3 heteroatoms. The van der Waals surface area contributed by atoms with Gasteiger partial charge in [-0.1, -0.05) is 47.5 Å². The second-order valence-corrected chi connectivity index (χ2v) is 6.03. The van der Waals surface area contributed by atoms with Crippen molar-refractivity contribution in [3.8, 4) is 0 Å². The Bertz CT molecular complexity index is 380. The second kappa shape index (κ2) is 9.17. The first-order chi connectivity index (χ1) is 9.63. The van der Waals surface area contributed by atoms with Gasteiger partial charge in [0.15, 0.2) is 0 Å². The first-order valence-corrected chi connectivity index (χ1v) is 8.42. The van der Waals surface area contributed by atoms with Crippen LogP contribution < -0.4 is 5.32 Å². The Kier molecular flexibility index (Phi) is 7.90. The lowest BCUT2D eigenvalue weighted by molar-refractivity contribution is 0.528. The molecular weight excluding hydrogens is 246 g/mol. The van der Waals surface area contributed by atoms with Gasteiger partial charge in [-0.05, 0) is 31.7 Å². The molecule has 0 amide bonds. The molecule has 0 aliphatic heterocycles. The maximum absolute atomic E-state index is 4.85. The molecule has 0 bridgehead atoms. The van der Waals surface area contributed by atoms with Crippen LogP contribution in [0.5, 0.6) is 0 Å². The molecule has 0 aliphatic carbocycles. The predicted molar refractivity (Wildman–Crippen MR) is 87.1 cm³/mol. The quantitative estimate of drug-likeness (QED) is 0.657. The maximum atomic E-state index is 4.85. The first-order valence-electron chi connectivity index (χ1n) is 8.42. The number of hydrogen-bond acceptors (Lipinski definition) is 2. The zero-order chi connectivity index (χ0) is 15.0. The molecule has 0 radical (unpaired) electrons. The van der Waals surface area contributed by atoms with Gasteiger partial charge in [-0.15, -0.1) is 0 Å². The summed E-state index contributed by atoms with van der Waals surface area (Å²) in [4.78, 5) is 0. The van der Waals surface area contributed by atoms with Crippen molar-refractivity contribution < 1.29 is 0 Å². The molecule has 1 aromatic rings. The summed E-state index contributed by atoms with van der Waals surface area (Å²) in [7, 11) is 0. The van der Waals surface area contributed by atoms with Gasteiger partial charge in [0.25, 0.3) is 0 Å². The molecule has 20 heavy (non-hydrogen) atoms. The smallest absolute Gasteiger partial charge is 0.0669 e. The Morgan fingerprint density at radius 2 is 1.85 bits per heavy atom. The van der Waals surface area contributed by atoms with Crippen molar-refractivity contribution in [1.82, 2.24) is 15.1 Å². The fraction of sp³-hybridized carbons (Fsp3) is 0.824. The summed E-state index contributed by atoms with van der Waals surface area (Å²) >= 11 is 0. The van der Waals surface area contributed by atoms with E-state index in [1.54, 1.807) is 0 Å². The standard InChI is InChI=1S/C17H33N3/c1-6-9-10-11-20-17(8-3)15(16(7-2)19-20)13-18-12-14(4)5/h14,18H,6-13H2,1-5H3. The lowest BCUT2D eigenvalue weighted by Gasteiger charge is -2.10. The molecule has 1 rings (SSSR count). The minimum absolute atomic E-state index is 0.699. The van der Waals surface area contributed by atoms with Crippen molar-refractivity contribution in [3.63, 3.8) is 0 Å². The highest BCUT2D eigenvalue weighted by atomic mass is 15.3. The SMILES string of the molecule is CCCCCn1nc(CC)c(CNCC(C)C)c1CC. The van der Waals surface area contributed by atoms with E-state index >= 15 is 0 Å². The van der Waals surface area contributed by atoms with Crippen LogP contribution in [-0.4, -0.2) is 16.3 Å². The van der Waals surface area contributed by atoms with Crippen LogP contribution in [0.1, 0.15) is 70.8 Å². The van der Waals surface area contributed by atoms with Gasteiger partial charge in [-0.3, -0.25) is 4.68 Å². The van der Waals surface area contributed by atoms with Gasteiger partial charge in [-0.25, -0.2) is 0 Å². The van der Waals surface area contributed by atoms with Crippen LogP contribution >= 0.6 is 0 Å². The topological polar surface area (TPSA) is 29.9 Å². The molecule has 0 aliphatic rings. The van der Waals surface area contributed by atoms with Crippen molar-refractivity contribution in [1.29, 1.82) is 0 Å². The molecule has 3 nitrogen and oxygen atoms in total. The van der Waals surface area contributed by atoms with Crippen LogP contribution in [0, 0.1) is 5.92 Å². The van der Waals surface area contributed by atoms with Crippen LogP contribution in [0.2, 0.25) is 0 Å². The van der Waals surface area contributed by atoms with Crippen LogP contribution in [-0.2, 0) is 25.9 Å². The van der Waals surface area contributed by atoms with Gasteiger partial charge >= 0.3 is 0 Å². The Morgan fingerprint density at radius 1 is 1.10 bits per heavy atom. The number of nitrogens with zero attached hydrogens (tertiary/aromatic N) is 2. The van der Waals surface area contributed by atoms with Crippen molar-refractivity contribution in [2.24, 2.45) is 5.92 Å². The summed E-state index contributed by atoms with van der Waals surface area (Å²) in [5.74, 6) is 0.699. The van der Waals surface area contributed by atoms with Gasteiger partial charge in [0.05, 0.1) is 5.69 Å². The van der Waals surface area contributed by atoms with Gasteiger partial charge < -0.3 is 5.32 Å². The summed E-state index contributed by atoms with van der Waals surface area (Å²) in [5, 5.41) is 8.42. The number of hydrogen-bond donors (Lipinski definition) is 1. The maximum Gasteiger partial charge on any atom is 0.0669 e. The number of unbranched alkanes of at least 4 members (excludes halogenated alkanes) is 2. The Balaban J connectivity index is 2.78. The van der Waals surface area contributed by atoms with E-state index in [-0.39, 0.29) is 0 Å². The van der Waals surface area contributed by atoms with E-state index < -0.39 is 0 Å². The molecule has 1 aromatic heterocycles. The average Bonchev–Trinajstić information content (AvgIpc) is 2.76. The largest absolute Gasteiger partial charge is 0.312 e. The van der Waals surface area contributed by atoms with E-state index in [0.29, 0.717) is 5.92 Å². The van der Waals surface area contributed by atoms with Gasteiger partial charge in [0.2, 0.25) is 0 Å². The molecule has 0 fully saturated rings. The van der Waals surface area contributed by atoms with E-state index in [1.165, 1.54) is 36.2 Å². The molecule has 0 saturated carbocycles. The van der Waals surface area contributed by atoms with Crippen molar-refractivity contribution >= 4 is 0 Å². The minimum atomic E-state index is 0.699. The van der Waals surface area contributed by atoms with E-state index in [0.717, 1.165) is 32.5 Å². The highest BCUT2D eigenvalue weighted by Crippen LogP contribution is 2.17. The fourth-order valence-electron chi connectivity index (χ4n) is 2.66. The summed E-state index contributed by atoms with van der Waals surface area (Å²) in [6, 6.07) is 0. The second-order valence-electron chi connectivity index (χ2n) is 6.03. The molecule has 0 saturated heterocycles. The highest BCUT2D eigenvalue weighted by Gasteiger charge is 2.14. The van der Waals surface area contributed by atoms with Crippen LogP contribution in [0.15, 0.2) is 0 Å². The van der Waals surface area contributed by atoms with Crippen LogP contribution in [0.25, 0.3) is 0 Å². The van der Waals surface area contributed by atoms with E-state index in [4.69, 9.17) is 5.10 Å². The zero-order valence-corrected chi connectivity index (χ0v) is 14.1. The van der Waals surface area contributed by atoms with Crippen molar-refractivity contribution in [2.75, 3.05) is 6.54 Å². The molecule has 0 aromatic carbocycles. The molecule has 0 unspecified atom stereocenters. The number of aromatic nitrogens is 2. The summed E-state index contributed by atoms with van der Waals surface area (Å²) < 4.78 is 2.26. The van der Waals surface area contributed by atoms with E-state index in [9.17, 15) is 0 Å². The normalized spacial score (nSPS) is 11.5. The van der Waals surface area contributed by atoms with E-state index in [2.05, 4.69) is 44.6 Å². The average molecular weight is 279 g/mol. The van der Waals surface area contributed by atoms with Crippen LogP contribution in [0.4, 0.5) is 0 Å². The molecule has 0 spiro atoms. The van der Waals surface area contributed by atoms with Crippen molar-refractivity contribution in [3.05, 3.63) is 17.0 Å². The van der Waals surface area contributed by atoms with Gasteiger partial charge in [0.1, 0.15) is 0 Å². The van der Waals surface area contributed by atoms with Crippen LogP contribution in [0.3, 0.4) is 0 Å². The molecule has 116 valence electrons. The zero-order valence-electron chi connectivity index (χ0n) is 14.1. The Morgan fingerprint density at radius 3 is 2.40 bits per heavy atom. The molecule has 1 heterocycles. The lowest BCUT2D eigenvalue weighted by atomic mass is 10.1. The van der Waals surface area contributed by atoms with Crippen molar-refractivity contribution in [2.45, 2.75) is 79.8 Å². The molecular formula is C17H33N3. The monoisotopic (exact) mass is 279 g/mol. The number of aryl methyl sites for hydroxylation is 2. The fourth-order valence-corrected chi connectivity index (χ4v) is 2.66. The minimum Gasteiger partial charge on any atom is -0.312 e. The highest BCUT2D eigenvalue weighted by molar-refractivity contribution is 5.26. The first kappa shape index (κ1) is 17.2. The predicted octanol–water partition coefficient (Wildman–Crippen LogP) is 3.94. The van der Waals surface area contributed by atoms with Gasteiger partial charge in [0, 0.05) is 24.3 Å². The Labute approximate surface area is 125 Å². The van der Waals surface area contributed by atoms with Gasteiger partial charge in [-0.2, -0.15) is 5.10 Å². The molecule has 0 atom stereocenters. The summed E-state index contributed by atoms with van der Waals surface area (Å²) in [5.41, 5.74) is 4.18. The third kappa shape index (κ3) is 4.93. The number of rotatable bonds is 10.